The molecule has 1 N–H and O–H groups in total. The number of rotatable bonds is 6. The molecule has 0 aromatic rings. The zero-order valence-electron chi connectivity index (χ0n) is 18.0. The predicted molar refractivity (Wildman–Crippen MR) is 108 cm³/mol. The van der Waals surface area contributed by atoms with Gasteiger partial charge in [0.15, 0.2) is 0 Å². The second-order valence-electron chi connectivity index (χ2n) is 9.05. The van der Waals surface area contributed by atoms with E-state index in [2.05, 4.69) is 13.5 Å². The number of ether oxygens (including phenoxy) is 2. The average Bonchev–Trinajstić information content (AvgIpc) is 2.62. The van der Waals surface area contributed by atoms with Crippen LogP contribution in [-0.4, -0.2) is 36.9 Å². The third-order valence-electron chi connectivity index (χ3n) is 7.31. The lowest BCUT2D eigenvalue weighted by Crippen LogP contribution is -2.56. The van der Waals surface area contributed by atoms with Crippen molar-refractivity contribution in [3.05, 3.63) is 23.8 Å². The van der Waals surface area contributed by atoms with Crippen LogP contribution in [0, 0.1) is 22.7 Å². The van der Waals surface area contributed by atoms with Crippen LogP contribution in [0.25, 0.3) is 0 Å². The SMILES string of the molecule is C=C1C(OC(C)=O)CC2C(C)(C(=O)OC)CCCC2(C)C1CCC(C)=CCO. The van der Waals surface area contributed by atoms with Gasteiger partial charge < -0.3 is 14.6 Å². The van der Waals surface area contributed by atoms with Gasteiger partial charge in [0.05, 0.1) is 19.1 Å². The molecule has 0 amide bonds. The van der Waals surface area contributed by atoms with Crippen molar-refractivity contribution in [3.8, 4) is 0 Å². The van der Waals surface area contributed by atoms with Crippen molar-refractivity contribution in [2.75, 3.05) is 13.7 Å². The van der Waals surface area contributed by atoms with Crippen LogP contribution in [0.4, 0.5) is 0 Å². The van der Waals surface area contributed by atoms with Gasteiger partial charge in [0.1, 0.15) is 6.10 Å². The molecular weight excluding hydrogens is 356 g/mol. The van der Waals surface area contributed by atoms with Crippen LogP contribution in [-0.2, 0) is 19.1 Å². The summed E-state index contributed by atoms with van der Waals surface area (Å²) >= 11 is 0. The first-order valence-electron chi connectivity index (χ1n) is 10.3. The van der Waals surface area contributed by atoms with Gasteiger partial charge in [0, 0.05) is 6.92 Å². The van der Waals surface area contributed by atoms with Crippen molar-refractivity contribution in [1.29, 1.82) is 0 Å². The molecule has 0 aromatic carbocycles. The first-order chi connectivity index (χ1) is 13.1. The zero-order valence-corrected chi connectivity index (χ0v) is 18.0. The van der Waals surface area contributed by atoms with E-state index in [1.165, 1.54) is 14.0 Å². The Morgan fingerprint density at radius 2 is 1.96 bits per heavy atom. The number of hydrogen-bond acceptors (Lipinski definition) is 5. The number of carbonyl (C=O) groups is 2. The highest BCUT2D eigenvalue weighted by Crippen LogP contribution is 2.62. The summed E-state index contributed by atoms with van der Waals surface area (Å²) in [6, 6.07) is 0. The third kappa shape index (κ3) is 4.19. The molecule has 0 radical (unpaired) electrons. The molecule has 0 bridgehead atoms. The average molecular weight is 393 g/mol. The molecule has 158 valence electrons. The molecule has 2 fully saturated rings. The number of allylic oxidation sites excluding steroid dienone is 1. The highest BCUT2D eigenvalue weighted by Gasteiger charge is 2.60. The normalized spacial score (nSPS) is 35.9. The van der Waals surface area contributed by atoms with Crippen molar-refractivity contribution in [2.24, 2.45) is 22.7 Å². The van der Waals surface area contributed by atoms with Crippen LogP contribution in [0.2, 0.25) is 0 Å². The summed E-state index contributed by atoms with van der Waals surface area (Å²) in [5.74, 6) is -0.293. The van der Waals surface area contributed by atoms with E-state index < -0.39 is 5.41 Å². The molecule has 5 unspecified atom stereocenters. The molecule has 5 heteroatoms. The van der Waals surface area contributed by atoms with Gasteiger partial charge in [-0.3, -0.25) is 9.59 Å². The van der Waals surface area contributed by atoms with Crippen LogP contribution in [0.1, 0.15) is 66.2 Å². The minimum absolute atomic E-state index is 0.0355. The summed E-state index contributed by atoms with van der Waals surface area (Å²) in [6.45, 7) is 12.1. The Morgan fingerprint density at radius 1 is 1.29 bits per heavy atom. The van der Waals surface area contributed by atoms with Crippen LogP contribution >= 0.6 is 0 Å². The van der Waals surface area contributed by atoms with Crippen molar-refractivity contribution in [3.63, 3.8) is 0 Å². The lowest BCUT2D eigenvalue weighted by atomic mass is 9.46. The van der Waals surface area contributed by atoms with E-state index in [1.54, 1.807) is 0 Å². The quantitative estimate of drug-likeness (QED) is 0.542. The van der Waals surface area contributed by atoms with Crippen LogP contribution < -0.4 is 0 Å². The molecule has 5 nitrogen and oxygen atoms in total. The first-order valence-corrected chi connectivity index (χ1v) is 10.3. The van der Waals surface area contributed by atoms with E-state index in [0.717, 1.165) is 43.3 Å². The Bertz CT molecular complexity index is 651. The molecule has 2 saturated carbocycles. The van der Waals surface area contributed by atoms with Crippen molar-refractivity contribution < 1.29 is 24.2 Å². The molecular formula is C23H36O5. The van der Waals surface area contributed by atoms with Gasteiger partial charge in [-0.05, 0) is 68.8 Å². The second-order valence-corrected chi connectivity index (χ2v) is 9.05. The Labute approximate surface area is 169 Å². The highest BCUT2D eigenvalue weighted by atomic mass is 16.5. The Hall–Kier alpha value is -1.62. The lowest BCUT2D eigenvalue weighted by Gasteiger charge is -2.58. The Balaban J connectivity index is 2.42. The molecule has 5 atom stereocenters. The molecule has 0 heterocycles. The van der Waals surface area contributed by atoms with E-state index in [-0.39, 0.29) is 41.9 Å². The number of esters is 2. The van der Waals surface area contributed by atoms with Crippen molar-refractivity contribution in [2.45, 2.75) is 72.3 Å². The summed E-state index contributed by atoms with van der Waals surface area (Å²) in [6.07, 6.45) is 6.55. The fraction of sp³-hybridized carbons (Fsp3) is 0.739. The van der Waals surface area contributed by atoms with E-state index in [9.17, 15) is 9.59 Å². The highest BCUT2D eigenvalue weighted by molar-refractivity contribution is 5.77. The summed E-state index contributed by atoms with van der Waals surface area (Å²) in [4.78, 5) is 24.5. The van der Waals surface area contributed by atoms with Crippen LogP contribution in [0.3, 0.4) is 0 Å². The molecule has 0 spiro atoms. The third-order valence-corrected chi connectivity index (χ3v) is 7.31. The summed E-state index contributed by atoms with van der Waals surface area (Å²) in [5.41, 5.74) is 1.40. The Morgan fingerprint density at radius 3 is 2.54 bits per heavy atom. The lowest BCUT2D eigenvalue weighted by molar-refractivity contribution is -0.174. The summed E-state index contributed by atoms with van der Waals surface area (Å²) in [7, 11) is 1.45. The van der Waals surface area contributed by atoms with Crippen LogP contribution in [0.15, 0.2) is 23.8 Å². The number of methoxy groups -OCH3 is 1. The van der Waals surface area contributed by atoms with Crippen molar-refractivity contribution >= 4 is 11.9 Å². The number of aliphatic hydroxyl groups excluding tert-OH is 1. The van der Waals surface area contributed by atoms with Gasteiger partial charge in [-0.2, -0.15) is 0 Å². The van der Waals surface area contributed by atoms with E-state index in [0.29, 0.717) is 6.42 Å². The topological polar surface area (TPSA) is 72.8 Å². The summed E-state index contributed by atoms with van der Waals surface area (Å²) in [5, 5.41) is 9.16. The molecule has 2 rings (SSSR count). The van der Waals surface area contributed by atoms with Gasteiger partial charge in [0.25, 0.3) is 0 Å². The molecule has 0 saturated heterocycles. The molecule has 2 aliphatic rings. The maximum atomic E-state index is 12.8. The predicted octanol–water partition coefficient (Wildman–Crippen LogP) is 4.20. The first kappa shape index (κ1) is 22.7. The van der Waals surface area contributed by atoms with E-state index in [1.807, 2.05) is 19.9 Å². The van der Waals surface area contributed by atoms with Crippen LogP contribution in [0.5, 0.6) is 0 Å². The molecule has 0 aromatic heterocycles. The van der Waals surface area contributed by atoms with Gasteiger partial charge in [-0.25, -0.2) is 0 Å². The maximum Gasteiger partial charge on any atom is 0.311 e. The largest absolute Gasteiger partial charge is 0.469 e. The van der Waals surface area contributed by atoms with Crippen molar-refractivity contribution in [1.82, 2.24) is 0 Å². The second kappa shape index (κ2) is 8.81. The molecule has 0 aliphatic heterocycles. The molecule has 28 heavy (non-hydrogen) atoms. The van der Waals surface area contributed by atoms with Gasteiger partial charge in [-0.15, -0.1) is 0 Å². The summed E-state index contributed by atoms with van der Waals surface area (Å²) < 4.78 is 10.8. The standard InChI is InChI=1S/C23H36O5/c1-15(10-13-24)8-9-18-16(2)19(28-17(3)25)14-20-22(18,4)11-7-12-23(20,5)21(26)27-6/h10,18-20,24H,2,7-9,11-14H2,1,3-6H3. The minimum Gasteiger partial charge on any atom is -0.469 e. The number of hydrogen-bond donors (Lipinski definition) is 1. The number of fused-ring (bicyclic) bond motifs is 1. The van der Waals surface area contributed by atoms with E-state index >= 15 is 0 Å². The fourth-order valence-electron chi connectivity index (χ4n) is 5.82. The number of aliphatic hydroxyl groups is 1. The minimum atomic E-state index is -0.588. The maximum absolute atomic E-state index is 12.8. The number of carbonyl (C=O) groups excluding carboxylic acids is 2. The smallest absolute Gasteiger partial charge is 0.311 e. The van der Waals surface area contributed by atoms with Gasteiger partial charge >= 0.3 is 11.9 Å². The monoisotopic (exact) mass is 392 g/mol. The van der Waals surface area contributed by atoms with Gasteiger partial charge in [0.2, 0.25) is 0 Å². The van der Waals surface area contributed by atoms with E-state index in [4.69, 9.17) is 14.6 Å². The zero-order chi connectivity index (χ0) is 21.1. The Kier molecular flexibility index (Phi) is 7.13. The van der Waals surface area contributed by atoms with Gasteiger partial charge in [-0.1, -0.05) is 31.6 Å². The molecule has 2 aliphatic carbocycles. The fourth-order valence-corrected chi connectivity index (χ4v) is 5.82.